The fourth-order valence-electron chi connectivity index (χ4n) is 3.53. The van der Waals surface area contributed by atoms with E-state index < -0.39 is 0 Å². The molecule has 140 valence electrons. The fourth-order valence-corrected chi connectivity index (χ4v) is 3.53. The Kier molecular flexibility index (Phi) is 4.51. The predicted molar refractivity (Wildman–Crippen MR) is 97.3 cm³/mol. The van der Waals surface area contributed by atoms with Crippen LogP contribution in [0.4, 0.5) is 4.39 Å². The van der Waals surface area contributed by atoms with E-state index in [1.54, 1.807) is 19.1 Å². The Morgan fingerprint density at radius 2 is 2.19 bits per heavy atom. The van der Waals surface area contributed by atoms with E-state index in [1.165, 1.54) is 6.07 Å². The van der Waals surface area contributed by atoms with Crippen molar-refractivity contribution in [2.24, 2.45) is 0 Å². The second kappa shape index (κ2) is 6.98. The highest BCUT2D eigenvalue weighted by molar-refractivity contribution is 5.77. The number of halogens is 1. The largest absolute Gasteiger partial charge is 0.348 e. The number of aryl methyl sites for hydroxylation is 2. The predicted octanol–water partition coefficient (Wildman–Crippen LogP) is 3.52. The Morgan fingerprint density at radius 3 is 3.00 bits per heavy atom. The summed E-state index contributed by atoms with van der Waals surface area (Å²) in [5, 5.41) is 3.95. The van der Waals surface area contributed by atoms with Crippen molar-refractivity contribution >= 4 is 5.91 Å². The number of benzene rings is 1. The Balaban J connectivity index is 1.40. The van der Waals surface area contributed by atoms with E-state index in [9.17, 15) is 9.18 Å². The lowest BCUT2D eigenvalue weighted by Gasteiger charge is -2.35. The van der Waals surface area contributed by atoms with E-state index in [0.29, 0.717) is 42.2 Å². The molecule has 0 saturated heterocycles. The van der Waals surface area contributed by atoms with Crippen molar-refractivity contribution in [3.8, 4) is 11.4 Å². The summed E-state index contributed by atoms with van der Waals surface area (Å²) < 4.78 is 20.9. The monoisotopic (exact) mass is 368 g/mol. The van der Waals surface area contributed by atoms with Crippen LogP contribution in [0, 0.1) is 12.7 Å². The van der Waals surface area contributed by atoms with Crippen molar-refractivity contribution in [3.05, 3.63) is 59.5 Å². The number of hydrogen-bond acceptors (Lipinski definition) is 4. The third kappa shape index (κ3) is 3.37. The van der Waals surface area contributed by atoms with E-state index in [4.69, 9.17) is 4.52 Å². The molecule has 7 heteroatoms. The topological polar surface area (TPSA) is 64.2 Å². The Bertz CT molecular complexity index is 978. The van der Waals surface area contributed by atoms with E-state index in [-0.39, 0.29) is 17.8 Å². The van der Waals surface area contributed by atoms with Gasteiger partial charge < -0.3 is 14.0 Å². The molecule has 4 rings (SSSR count). The van der Waals surface area contributed by atoms with Gasteiger partial charge in [-0.05, 0) is 49.7 Å². The zero-order chi connectivity index (χ0) is 19.0. The first kappa shape index (κ1) is 17.5. The summed E-state index contributed by atoms with van der Waals surface area (Å²) >= 11 is 0. The lowest BCUT2D eigenvalue weighted by atomic mass is 10.1. The van der Waals surface area contributed by atoms with Gasteiger partial charge in [-0.25, -0.2) is 4.39 Å². The molecule has 0 N–H and O–H groups in total. The summed E-state index contributed by atoms with van der Waals surface area (Å²) in [4.78, 5) is 18.9. The highest BCUT2D eigenvalue weighted by Gasteiger charge is 2.27. The molecule has 0 radical (unpaired) electrons. The van der Waals surface area contributed by atoms with Gasteiger partial charge in [-0.2, -0.15) is 4.98 Å². The highest BCUT2D eigenvalue weighted by atomic mass is 19.1. The van der Waals surface area contributed by atoms with Crippen LogP contribution in [0.3, 0.4) is 0 Å². The van der Waals surface area contributed by atoms with E-state index in [1.807, 2.05) is 24.1 Å². The molecule has 27 heavy (non-hydrogen) atoms. The Hall–Kier alpha value is -2.96. The number of fused-ring (bicyclic) bond motifs is 1. The maximum Gasteiger partial charge on any atom is 0.227 e. The lowest BCUT2D eigenvalue weighted by Crippen LogP contribution is -2.40. The molecule has 1 atom stereocenters. The van der Waals surface area contributed by atoms with Crippen LogP contribution in [-0.2, 0) is 17.8 Å². The third-order valence-corrected chi connectivity index (χ3v) is 5.10. The van der Waals surface area contributed by atoms with Gasteiger partial charge in [-0.3, -0.25) is 4.79 Å². The van der Waals surface area contributed by atoms with Crippen LogP contribution in [0.15, 0.2) is 41.1 Å². The molecule has 0 bridgehead atoms. The lowest BCUT2D eigenvalue weighted by molar-refractivity contribution is -0.134. The van der Waals surface area contributed by atoms with Crippen LogP contribution in [0.1, 0.15) is 36.5 Å². The number of amides is 1. The van der Waals surface area contributed by atoms with Gasteiger partial charge in [0.25, 0.3) is 0 Å². The summed E-state index contributed by atoms with van der Waals surface area (Å²) in [6.07, 6.45) is 2.75. The highest BCUT2D eigenvalue weighted by Crippen LogP contribution is 2.26. The molecule has 6 nitrogen and oxygen atoms in total. The van der Waals surface area contributed by atoms with E-state index >= 15 is 0 Å². The van der Waals surface area contributed by atoms with Crippen LogP contribution in [0.25, 0.3) is 11.4 Å². The standard InChI is InChI=1S/C20H21FN4O2/c1-13-12-15(5-6-16(13)21)20-22-18(27-23-20)7-8-19(26)25-11-10-24-9-3-4-17(24)14(25)2/h3-6,9,12,14H,7-8,10-11H2,1-2H3. The SMILES string of the molecule is Cc1cc(-c2noc(CCC(=O)N3CCn4cccc4C3C)n2)ccc1F. The van der Waals surface area contributed by atoms with E-state index in [0.717, 1.165) is 12.2 Å². The molecular formula is C20H21FN4O2. The molecule has 1 aliphatic rings. The van der Waals surface area contributed by atoms with Crippen molar-refractivity contribution < 1.29 is 13.7 Å². The van der Waals surface area contributed by atoms with Gasteiger partial charge in [0.15, 0.2) is 0 Å². The van der Waals surface area contributed by atoms with Crippen molar-refractivity contribution in [3.63, 3.8) is 0 Å². The molecule has 3 aromatic rings. The van der Waals surface area contributed by atoms with E-state index in [2.05, 4.69) is 20.8 Å². The molecule has 1 amide bonds. The third-order valence-electron chi connectivity index (χ3n) is 5.10. The minimum atomic E-state index is -0.269. The number of nitrogens with zero attached hydrogens (tertiary/aromatic N) is 4. The maximum atomic E-state index is 13.4. The quantitative estimate of drug-likeness (QED) is 0.707. The van der Waals surface area contributed by atoms with Crippen LogP contribution >= 0.6 is 0 Å². The van der Waals surface area contributed by atoms with Crippen LogP contribution < -0.4 is 0 Å². The second-order valence-corrected chi connectivity index (χ2v) is 6.87. The molecule has 0 spiro atoms. The van der Waals surface area contributed by atoms with Crippen molar-refractivity contribution in [1.82, 2.24) is 19.6 Å². The second-order valence-electron chi connectivity index (χ2n) is 6.87. The number of hydrogen-bond donors (Lipinski definition) is 0. The number of rotatable bonds is 4. The molecule has 0 aliphatic carbocycles. The summed E-state index contributed by atoms with van der Waals surface area (Å²) in [6, 6.07) is 8.81. The molecule has 0 saturated carbocycles. The van der Waals surface area contributed by atoms with Crippen molar-refractivity contribution in [2.75, 3.05) is 6.54 Å². The average Bonchev–Trinajstić information content (AvgIpc) is 3.32. The zero-order valence-corrected chi connectivity index (χ0v) is 15.4. The Morgan fingerprint density at radius 1 is 1.33 bits per heavy atom. The zero-order valence-electron chi connectivity index (χ0n) is 15.4. The van der Waals surface area contributed by atoms with Gasteiger partial charge >= 0.3 is 0 Å². The van der Waals surface area contributed by atoms with Gasteiger partial charge in [0.05, 0.1) is 6.04 Å². The first-order valence-corrected chi connectivity index (χ1v) is 9.06. The minimum absolute atomic E-state index is 0.0571. The van der Waals surface area contributed by atoms with Gasteiger partial charge in [-0.1, -0.05) is 5.16 Å². The summed E-state index contributed by atoms with van der Waals surface area (Å²) in [6.45, 7) is 5.25. The minimum Gasteiger partial charge on any atom is -0.348 e. The first-order valence-electron chi connectivity index (χ1n) is 9.06. The van der Waals surface area contributed by atoms with Crippen LogP contribution in [0.5, 0.6) is 0 Å². The van der Waals surface area contributed by atoms with Crippen molar-refractivity contribution in [1.29, 1.82) is 0 Å². The Labute approximate surface area is 156 Å². The molecular weight excluding hydrogens is 347 g/mol. The van der Waals surface area contributed by atoms with Crippen LogP contribution in [-0.4, -0.2) is 32.1 Å². The molecule has 2 aromatic heterocycles. The van der Waals surface area contributed by atoms with Gasteiger partial charge in [0, 0.05) is 43.4 Å². The average molecular weight is 368 g/mol. The summed E-state index contributed by atoms with van der Waals surface area (Å²) in [7, 11) is 0. The van der Waals surface area contributed by atoms with Gasteiger partial charge in [-0.15, -0.1) is 0 Å². The fraction of sp³-hybridized carbons (Fsp3) is 0.350. The molecule has 1 unspecified atom stereocenters. The molecule has 1 aromatic carbocycles. The van der Waals surface area contributed by atoms with Gasteiger partial charge in [0.2, 0.25) is 17.6 Å². The molecule has 0 fully saturated rings. The molecule has 1 aliphatic heterocycles. The molecule has 3 heterocycles. The maximum absolute atomic E-state index is 13.4. The van der Waals surface area contributed by atoms with Crippen molar-refractivity contribution in [2.45, 2.75) is 39.3 Å². The summed E-state index contributed by atoms with van der Waals surface area (Å²) in [5.41, 5.74) is 2.37. The number of carbonyl (C=O) groups excluding carboxylic acids is 1. The smallest absolute Gasteiger partial charge is 0.227 e. The number of carbonyl (C=O) groups is 1. The number of aromatic nitrogens is 3. The first-order chi connectivity index (χ1) is 13.0. The van der Waals surface area contributed by atoms with Crippen LogP contribution in [0.2, 0.25) is 0 Å². The van der Waals surface area contributed by atoms with Gasteiger partial charge in [0.1, 0.15) is 5.82 Å². The normalized spacial score (nSPS) is 16.4. The summed E-state index contributed by atoms with van der Waals surface area (Å²) in [5.74, 6) is 0.625.